The van der Waals surface area contributed by atoms with E-state index in [0.29, 0.717) is 0 Å². The van der Waals surface area contributed by atoms with E-state index in [-0.39, 0.29) is 12.0 Å². The van der Waals surface area contributed by atoms with Gasteiger partial charge in [0.1, 0.15) is 11.2 Å². The van der Waals surface area contributed by atoms with Crippen molar-refractivity contribution in [1.82, 2.24) is 0 Å². The molecule has 3 nitrogen and oxygen atoms in total. The lowest BCUT2D eigenvalue weighted by atomic mass is 9.88. The molecule has 0 fully saturated rings. The van der Waals surface area contributed by atoms with Crippen LogP contribution in [-0.2, 0) is 0 Å². The van der Waals surface area contributed by atoms with Crippen molar-refractivity contribution < 1.29 is 4.42 Å². The molecule has 0 N–H and O–H groups in total. The fourth-order valence-electron chi connectivity index (χ4n) is 8.73. The zero-order chi connectivity index (χ0) is 37.0. The topological polar surface area (TPSA) is 37.9 Å². The van der Waals surface area contributed by atoms with Crippen LogP contribution in [0.3, 0.4) is 0 Å². The number of benzene rings is 8. The summed E-state index contributed by atoms with van der Waals surface area (Å²) in [5, 5.41) is 2.27. The smallest absolute Gasteiger partial charge is 0.155 e. The number of hydrogen-bond donors (Lipinski definition) is 0. The summed E-state index contributed by atoms with van der Waals surface area (Å²) in [6.45, 7) is 0. The number of hydrogen-bond acceptors (Lipinski definition) is 3. The molecule has 56 heavy (non-hydrogen) atoms. The first kappa shape index (κ1) is 32.3. The maximum atomic E-state index is 6.66. The van der Waals surface area contributed by atoms with E-state index in [4.69, 9.17) is 14.4 Å². The number of nitrogens with zero attached hydrogens (tertiary/aromatic N) is 2. The van der Waals surface area contributed by atoms with Gasteiger partial charge in [0.25, 0.3) is 0 Å². The van der Waals surface area contributed by atoms with Gasteiger partial charge >= 0.3 is 0 Å². The van der Waals surface area contributed by atoms with Crippen molar-refractivity contribution in [1.29, 1.82) is 0 Å². The van der Waals surface area contributed by atoms with E-state index in [0.717, 1.165) is 62.2 Å². The van der Waals surface area contributed by atoms with E-state index in [9.17, 15) is 0 Å². The number of rotatable bonds is 6. The molecule has 2 aliphatic rings. The Morgan fingerprint density at radius 1 is 0.411 bits per heavy atom. The highest BCUT2D eigenvalue weighted by Crippen LogP contribution is 2.49. The van der Waals surface area contributed by atoms with Gasteiger partial charge in [-0.15, -0.1) is 0 Å². The number of furan rings is 1. The van der Waals surface area contributed by atoms with Gasteiger partial charge in [0, 0.05) is 28.7 Å². The minimum atomic E-state index is -0.0243. The lowest BCUT2D eigenvalue weighted by Gasteiger charge is -2.21. The van der Waals surface area contributed by atoms with Crippen molar-refractivity contribution in [3.8, 4) is 33.4 Å². The predicted octanol–water partition coefficient (Wildman–Crippen LogP) is 13.5. The third-order valence-electron chi connectivity index (χ3n) is 11.5. The van der Waals surface area contributed by atoms with Gasteiger partial charge in [-0.2, -0.15) is 0 Å². The fourth-order valence-corrected chi connectivity index (χ4v) is 8.73. The maximum Gasteiger partial charge on any atom is 0.155 e. The highest BCUT2D eigenvalue weighted by molar-refractivity contribution is 6.14. The summed E-state index contributed by atoms with van der Waals surface area (Å²) in [4.78, 5) is 10.2. The van der Waals surface area contributed by atoms with Crippen LogP contribution in [0.15, 0.2) is 209 Å². The van der Waals surface area contributed by atoms with Crippen molar-refractivity contribution in [2.45, 2.75) is 18.4 Å². The summed E-state index contributed by atoms with van der Waals surface area (Å²) in [6.07, 6.45) is 0.749. The SMILES string of the molecule is c1ccc(C2=NC(c3ccccc3)=NC(c3ccc(-c4ccc5c(c4)oc4cc([C@H]6c7ccccc7-c7cc(-c8ccccc8)ccc76)ccc45)cc3)C2)cc1. The van der Waals surface area contributed by atoms with Crippen LogP contribution in [0.1, 0.15) is 51.8 Å². The molecule has 0 radical (unpaired) electrons. The van der Waals surface area contributed by atoms with E-state index >= 15 is 0 Å². The molecule has 0 spiro atoms. The van der Waals surface area contributed by atoms with E-state index in [1.807, 2.05) is 24.3 Å². The minimum absolute atomic E-state index is 0.0243. The van der Waals surface area contributed by atoms with Crippen LogP contribution in [0.4, 0.5) is 0 Å². The average Bonchev–Trinajstić information content (AvgIpc) is 3.81. The normalized spacial score (nSPS) is 16.0. The number of fused-ring (bicyclic) bond motifs is 6. The maximum absolute atomic E-state index is 6.66. The Hall–Kier alpha value is -7.10. The zero-order valence-electron chi connectivity index (χ0n) is 30.6. The molecule has 8 aromatic carbocycles. The standard InChI is InChI=1S/C53H36N2O/c1-4-12-34(13-5-1)39-25-29-46-47(30-39)42-18-10-11-19-45(42)52(46)41-26-28-44-43-27-24-40(31-50(43)56-51(44)32-41)35-20-22-37(23-21-35)49-33-48(36-14-6-2-7-15-36)54-53(55-49)38-16-8-3-9-17-38/h1-32,49,52H,33H2/t49?,52-/m0/s1. The summed E-state index contributed by atoms with van der Waals surface area (Å²) in [6, 6.07) is 69.4. The third-order valence-corrected chi connectivity index (χ3v) is 11.5. The summed E-state index contributed by atoms with van der Waals surface area (Å²) < 4.78 is 6.66. The quantitative estimate of drug-likeness (QED) is 0.169. The van der Waals surface area contributed by atoms with Crippen LogP contribution in [-0.4, -0.2) is 11.5 Å². The molecule has 0 saturated carbocycles. The van der Waals surface area contributed by atoms with Crippen LogP contribution in [0.2, 0.25) is 0 Å². The average molecular weight is 717 g/mol. The van der Waals surface area contributed by atoms with Crippen LogP contribution >= 0.6 is 0 Å². The fraction of sp³-hybridized carbons (Fsp3) is 0.0566. The molecular weight excluding hydrogens is 681 g/mol. The summed E-state index contributed by atoms with van der Waals surface area (Å²) >= 11 is 0. The van der Waals surface area contributed by atoms with Gasteiger partial charge in [0.15, 0.2) is 5.84 Å². The van der Waals surface area contributed by atoms with Gasteiger partial charge in [-0.3, -0.25) is 4.99 Å². The Balaban J connectivity index is 0.907. The zero-order valence-corrected chi connectivity index (χ0v) is 30.6. The highest BCUT2D eigenvalue weighted by Gasteiger charge is 2.30. The van der Waals surface area contributed by atoms with Gasteiger partial charge in [0.05, 0.1) is 11.8 Å². The molecule has 2 heterocycles. The Labute approximate surface area is 326 Å². The molecule has 1 aliphatic carbocycles. The molecule has 0 bridgehead atoms. The van der Waals surface area contributed by atoms with Gasteiger partial charge in [-0.25, -0.2) is 4.99 Å². The predicted molar refractivity (Wildman–Crippen MR) is 231 cm³/mol. The number of aliphatic imine (C=N–C) groups is 2. The molecule has 3 heteroatoms. The summed E-state index contributed by atoms with van der Waals surface area (Å²) in [5.41, 5.74) is 17.5. The first-order chi connectivity index (χ1) is 27.7. The molecule has 1 unspecified atom stereocenters. The Bertz CT molecular complexity index is 2980. The molecule has 11 rings (SSSR count). The highest BCUT2D eigenvalue weighted by atomic mass is 16.3. The van der Waals surface area contributed by atoms with Crippen molar-refractivity contribution in [2.24, 2.45) is 9.98 Å². The van der Waals surface area contributed by atoms with Crippen molar-refractivity contribution in [2.75, 3.05) is 0 Å². The van der Waals surface area contributed by atoms with Crippen LogP contribution < -0.4 is 0 Å². The van der Waals surface area contributed by atoms with E-state index in [1.54, 1.807) is 0 Å². The van der Waals surface area contributed by atoms with Crippen LogP contribution in [0.25, 0.3) is 55.3 Å². The minimum Gasteiger partial charge on any atom is -0.456 e. The van der Waals surface area contributed by atoms with E-state index < -0.39 is 0 Å². The molecule has 0 saturated heterocycles. The second-order valence-corrected chi connectivity index (χ2v) is 14.8. The van der Waals surface area contributed by atoms with Crippen LogP contribution in [0.5, 0.6) is 0 Å². The molecule has 0 amide bonds. The molecule has 2 atom stereocenters. The Morgan fingerprint density at radius 3 is 1.73 bits per heavy atom. The third kappa shape index (κ3) is 5.59. The second kappa shape index (κ2) is 13.3. The largest absolute Gasteiger partial charge is 0.456 e. The van der Waals surface area contributed by atoms with E-state index in [2.05, 4.69) is 170 Å². The molecule has 264 valence electrons. The molecular formula is C53H36N2O. The van der Waals surface area contributed by atoms with Gasteiger partial charge in [0.2, 0.25) is 0 Å². The lowest BCUT2D eigenvalue weighted by molar-refractivity contribution is 0.668. The number of amidine groups is 1. The lowest BCUT2D eigenvalue weighted by Crippen LogP contribution is -2.17. The van der Waals surface area contributed by atoms with Crippen molar-refractivity contribution in [3.63, 3.8) is 0 Å². The van der Waals surface area contributed by atoms with Crippen molar-refractivity contribution >= 4 is 33.5 Å². The summed E-state index contributed by atoms with van der Waals surface area (Å²) in [5.74, 6) is 0.923. The Morgan fingerprint density at radius 2 is 0.964 bits per heavy atom. The first-order valence-corrected chi connectivity index (χ1v) is 19.3. The molecule has 9 aromatic rings. The van der Waals surface area contributed by atoms with E-state index in [1.165, 1.54) is 44.5 Å². The van der Waals surface area contributed by atoms with Gasteiger partial charge in [-0.1, -0.05) is 170 Å². The van der Waals surface area contributed by atoms with Gasteiger partial charge in [-0.05, 0) is 85.5 Å². The van der Waals surface area contributed by atoms with Crippen LogP contribution in [0, 0.1) is 0 Å². The van der Waals surface area contributed by atoms with Crippen molar-refractivity contribution in [3.05, 3.63) is 228 Å². The van der Waals surface area contributed by atoms with Gasteiger partial charge < -0.3 is 4.42 Å². The summed E-state index contributed by atoms with van der Waals surface area (Å²) in [7, 11) is 0. The molecule has 1 aliphatic heterocycles. The monoisotopic (exact) mass is 716 g/mol. The second-order valence-electron chi connectivity index (χ2n) is 14.8. The Kier molecular flexibility index (Phi) is 7.70. The molecule has 1 aromatic heterocycles. The first-order valence-electron chi connectivity index (χ1n) is 19.3.